The summed E-state index contributed by atoms with van der Waals surface area (Å²) in [6.45, 7) is 2.54. The third kappa shape index (κ3) is 1.78. The second-order valence-electron chi connectivity index (χ2n) is 3.94. The van der Waals surface area contributed by atoms with Gasteiger partial charge in [-0.3, -0.25) is 4.84 Å². The summed E-state index contributed by atoms with van der Waals surface area (Å²) in [7, 11) is 4.21. The molecule has 4 heteroatoms. The van der Waals surface area contributed by atoms with Gasteiger partial charge in [-0.1, -0.05) is 12.1 Å². The number of nitrogens with zero attached hydrogens (tertiary/aromatic N) is 2. The first-order chi connectivity index (χ1) is 7.24. The Balaban J connectivity index is 2.46. The van der Waals surface area contributed by atoms with Gasteiger partial charge in [0.25, 0.3) is 0 Å². The topological polar surface area (TPSA) is 41.7 Å². The van der Waals surface area contributed by atoms with Gasteiger partial charge in [0.05, 0.1) is 18.0 Å². The lowest BCUT2D eigenvalue weighted by atomic mass is 10.1. The molecule has 0 atom stereocenters. The lowest BCUT2D eigenvalue weighted by Crippen LogP contribution is -2.37. The third-order valence-corrected chi connectivity index (χ3v) is 2.90. The number of para-hydroxylation sites is 1. The third-order valence-electron chi connectivity index (χ3n) is 2.90. The fourth-order valence-electron chi connectivity index (χ4n) is 2.07. The molecule has 1 aromatic rings. The van der Waals surface area contributed by atoms with E-state index in [2.05, 4.69) is 36.0 Å². The van der Waals surface area contributed by atoms with Crippen LogP contribution in [0.1, 0.15) is 5.56 Å². The van der Waals surface area contributed by atoms with Gasteiger partial charge in [-0.15, -0.1) is 0 Å². The summed E-state index contributed by atoms with van der Waals surface area (Å²) in [6.07, 6.45) is 0. The van der Waals surface area contributed by atoms with Crippen molar-refractivity contribution in [3.8, 4) is 0 Å². The molecule has 15 heavy (non-hydrogen) atoms. The minimum atomic E-state index is 0.460. The molecule has 0 saturated heterocycles. The van der Waals surface area contributed by atoms with Gasteiger partial charge in [0.15, 0.2) is 0 Å². The van der Waals surface area contributed by atoms with Crippen LogP contribution in [0.2, 0.25) is 0 Å². The highest BCUT2D eigenvalue weighted by Gasteiger charge is 2.20. The standard InChI is InChI=1S/C11H17N3O/c1-13-6-7-14(2)11-9(8-15-12)4-3-5-10(11)13/h3-5H,6-8,12H2,1-2H3. The van der Waals surface area contributed by atoms with Crippen molar-refractivity contribution < 1.29 is 4.84 Å². The zero-order valence-corrected chi connectivity index (χ0v) is 9.23. The molecule has 0 radical (unpaired) electrons. The molecule has 0 fully saturated rings. The maximum atomic E-state index is 5.14. The van der Waals surface area contributed by atoms with Gasteiger partial charge < -0.3 is 9.80 Å². The molecule has 2 rings (SSSR count). The fraction of sp³-hybridized carbons (Fsp3) is 0.455. The van der Waals surface area contributed by atoms with Crippen molar-refractivity contribution in [2.24, 2.45) is 5.90 Å². The van der Waals surface area contributed by atoms with Crippen molar-refractivity contribution in [3.63, 3.8) is 0 Å². The van der Waals surface area contributed by atoms with E-state index in [9.17, 15) is 0 Å². The molecule has 0 bridgehead atoms. The van der Waals surface area contributed by atoms with Gasteiger partial charge in [-0.05, 0) is 6.07 Å². The van der Waals surface area contributed by atoms with Gasteiger partial charge in [0.2, 0.25) is 0 Å². The predicted octanol–water partition coefficient (Wildman–Crippen LogP) is 0.963. The Bertz CT molecular complexity index is 354. The largest absolute Gasteiger partial charge is 0.371 e. The Kier molecular flexibility index (Phi) is 2.79. The Morgan fingerprint density at radius 1 is 1.27 bits per heavy atom. The van der Waals surface area contributed by atoms with E-state index < -0.39 is 0 Å². The quantitative estimate of drug-likeness (QED) is 0.734. The van der Waals surface area contributed by atoms with Crippen molar-refractivity contribution in [2.75, 3.05) is 37.0 Å². The molecule has 0 amide bonds. The number of likely N-dealkylation sites (N-methyl/N-ethyl adjacent to an activating group) is 2. The highest BCUT2D eigenvalue weighted by Crippen LogP contribution is 2.34. The van der Waals surface area contributed by atoms with E-state index in [1.165, 1.54) is 11.4 Å². The Morgan fingerprint density at radius 3 is 2.73 bits per heavy atom. The van der Waals surface area contributed by atoms with Crippen LogP contribution in [-0.2, 0) is 11.4 Å². The maximum Gasteiger partial charge on any atom is 0.0950 e. The first-order valence-electron chi connectivity index (χ1n) is 5.10. The summed E-state index contributed by atoms with van der Waals surface area (Å²) < 4.78 is 0. The average molecular weight is 207 g/mol. The van der Waals surface area contributed by atoms with Crippen LogP contribution in [-0.4, -0.2) is 27.2 Å². The van der Waals surface area contributed by atoms with E-state index in [0.29, 0.717) is 6.61 Å². The lowest BCUT2D eigenvalue weighted by Gasteiger charge is -2.36. The van der Waals surface area contributed by atoms with Crippen LogP contribution >= 0.6 is 0 Å². The molecular formula is C11H17N3O. The number of benzene rings is 1. The van der Waals surface area contributed by atoms with E-state index in [1.54, 1.807) is 0 Å². The van der Waals surface area contributed by atoms with Gasteiger partial charge in [0.1, 0.15) is 0 Å². The number of nitrogens with two attached hydrogens (primary N) is 1. The minimum Gasteiger partial charge on any atom is -0.371 e. The van der Waals surface area contributed by atoms with Crippen LogP contribution in [0.3, 0.4) is 0 Å². The molecule has 1 aliphatic heterocycles. The van der Waals surface area contributed by atoms with Crippen molar-refractivity contribution in [1.82, 2.24) is 0 Å². The molecule has 1 aliphatic rings. The summed E-state index contributed by atoms with van der Waals surface area (Å²) in [4.78, 5) is 9.25. The number of fused-ring (bicyclic) bond motifs is 1. The molecule has 1 aromatic carbocycles. The normalized spacial score (nSPS) is 15.4. The molecule has 0 unspecified atom stereocenters. The van der Waals surface area contributed by atoms with Gasteiger partial charge in [-0.2, -0.15) is 0 Å². The van der Waals surface area contributed by atoms with E-state index in [0.717, 1.165) is 18.7 Å². The molecule has 0 spiro atoms. The average Bonchev–Trinajstić information content (AvgIpc) is 2.24. The van der Waals surface area contributed by atoms with Crippen LogP contribution in [0.5, 0.6) is 0 Å². The number of hydrogen-bond acceptors (Lipinski definition) is 4. The molecule has 0 aliphatic carbocycles. The van der Waals surface area contributed by atoms with Crippen LogP contribution in [0.4, 0.5) is 11.4 Å². The van der Waals surface area contributed by atoms with Gasteiger partial charge in [-0.25, -0.2) is 5.90 Å². The number of rotatable bonds is 2. The first kappa shape index (κ1) is 10.3. The highest BCUT2D eigenvalue weighted by molar-refractivity contribution is 5.76. The maximum absolute atomic E-state index is 5.14. The molecule has 82 valence electrons. The van der Waals surface area contributed by atoms with E-state index >= 15 is 0 Å². The van der Waals surface area contributed by atoms with Crippen molar-refractivity contribution in [1.29, 1.82) is 0 Å². The summed E-state index contributed by atoms with van der Waals surface area (Å²) in [5.41, 5.74) is 3.62. The first-order valence-corrected chi connectivity index (χ1v) is 5.10. The van der Waals surface area contributed by atoms with E-state index in [4.69, 9.17) is 10.7 Å². The SMILES string of the molecule is CN1CCN(C)c2c(CON)cccc21. The summed E-state index contributed by atoms with van der Waals surface area (Å²) in [6, 6.07) is 6.23. The predicted molar refractivity (Wildman–Crippen MR) is 62.0 cm³/mol. The second kappa shape index (κ2) is 4.08. The van der Waals surface area contributed by atoms with Crippen LogP contribution in [0.15, 0.2) is 18.2 Å². The van der Waals surface area contributed by atoms with Crippen LogP contribution in [0.25, 0.3) is 0 Å². The van der Waals surface area contributed by atoms with E-state index in [1.807, 2.05) is 6.07 Å². The molecule has 1 heterocycles. The molecular weight excluding hydrogens is 190 g/mol. The Hall–Kier alpha value is -1.26. The molecule has 0 saturated carbocycles. The Morgan fingerprint density at radius 2 is 2.00 bits per heavy atom. The lowest BCUT2D eigenvalue weighted by molar-refractivity contribution is 0.124. The summed E-state index contributed by atoms with van der Waals surface area (Å²) in [5.74, 6) is 5.14. The minimum absolute atomic E-state index is 0.460. The summed E-state index contributed by atoms with van der Waals surface area (Å²) >= 11 is 0. The van der Waals surface area contributed by atoms with Crippen LogP contribution in [0, 0.1) is 0 Å². The summed E-state index contributed by atoms with van der Waals surface area (Å²) in [5, 5.41) is 0. The fourth-order valence-corrected chi connectivity index (χ4v) is 2.07. The van der Waals surface area contributed by atoms with Crippen molar-refractivity contribution in [3.05, 3.63) is 23.8 Å². The molecule has 2 N–H and O–H groups in total. The zero-order valence-electron chi connectivity index (χ0n) is 9.23. The Labute approximate surface area is 90.2 Å². The van der Waals surface area contributed by atoms with Crippen molar-refractivity contribution in [2.45, 2.75) is 6.61 Å². The number of hydrogen-bond donors (Lipinski definition) is 1. The zero-order chi connectivity index (χ0) is 10.8. The smallest absolute Gasteiger partial charge is 0.0950 e. The molecule has 0 aromatic heterocycles. The number of anilines is 2. The van der Waals surface area contributed by atoms with Crippen LogP contribution < -0.4 is 15.7 Å². The van der Waals surface area contributed by atoms with Gasteiger partial charge in [0, 0.05) is 32.7 Å². The second-order valence-corrected chi connectivity index (χ2v) is 3.94. The molecule has 4 nitrogen and oxygen atoms in total. The van der Waals surface area contributed by atoms with Crippen molar-refractivity contribution >= 4 is 11.4 Å². The van der Waals surface area contributed by atoms with Gasteiger partial charge >= 0.3 is 0 Å². The van der Waals surface area contributed by atoms with E-state index in [-0.39, 0.29) is 0 Å². The highest BCUT2D eigenvalue weighted by atomic mass is 16.6. The monoisotopic (exact) mass is 207 g/mol.